The predicted octanol–water partition coefficient (Wildman–Crippen LogP) is 2.41. The van der Waals surface area contributed by atoms with Gasteiger partial charge in [-0.05, 0) is 31.4 Å². The van der Waals surface area contributed by atoms with Crippen LogP contribution >= 0.6 is 0 Å². The Morgan fingerprint density at radius 2 is 1.67 bits per heavy atom. The van der Waals surface area contributed by atoms with Gasteiger partial charge in [0.2, 0.25) is 0 Å². The van der Waals surface area contributed by atoms with E-state index in [0.29, 0.717) is 18.6 Å². The average Bonchev–Trinajstić information content (AvgIpc) is 2.38. The number of amides is 1. The van der Waals surface area contributed by atoms with Gasteiger partial charge in [0.25, 0.3) is 5.91 Å². The molecule has 2 aliphatic rings. The molecule has 0 spiro atoms. The Balaban J connectivity index is 1.87. The minimum atomic E-state index is 0.0952. The molecule has 3 nitrogen and oxygen atoms in total. The third-order valence-electron chi connectivity index (χ3n) is 4.04. The van der Waals surface area contributed by atoms with E-state index in [9.17, 15) is 9.59 Å². The molecule has 0 saturated carbocycles. The lowest BCUT2D eigenvalue weighted by molar-refractivity contribution is -0.125. The lowest BCUT2D eigenvalue weighted by atomic mass is 9.83. The second-order valence-electron chi connectivity index (χ2n) is 5.26. The van der Waals surface area contributed by atoms with E-state index in [2.05, 4.69) is 0 Å². The van der Waals surface area contributed by atoms with Gasteiger partial charge in [-0.25, -0.2) is 0 Å². The summed E-state index contributed by atoms with van der Waals surface area (Å²) in [6.45, 7) is 0. The van der Waals surface area contributed by atoms with Crippen LogP contribution < -0.4 is 0 Å². The van der Waals surface area contributed by atoms with Crippen molar-refractivity contribution < 1.29 is 9.59 Å². The highest BCUT2D eigenvalue weighted by molar-refractivity contribution is 5.96. The first-order chi connectivity index (χ1) is 8.75. The maximum absolute atomic E-state index is 12.5. The number of piperidine rings is 2. The van der Waals surface area contributed by atoms with Gasteiger partial charge < -0.3 is 4.90 Å². The van der Waals surface area contributed by atoms with Crippen LogP contribution in [-0.2, 0) is 4.79 Å². The Hall–Kier alpha value is -1.64. The lowest BCUT2D eigenvalue weighted by Crippen LogP contribution is -2.54. The molecule has 0 aliphatic carbocycles. The van der Waals surface area contributed by atoms with Gasteiger partial charge in [0, 0.05) is 30.5 Å². The van der Waals surface area contributed by atoms with Crippen LogP contribution in [0, 0.1) is 0 Å². The Labute approximate surface area is 107 Å². The van der Waals surface area contributed by atoms with Crippen molar-refractivity contribution in [1.82, 2.24) is 4.90 Å². The van der Waals surface area contributed by atoms with Crippen LogP contribution in [0.15, 0.2) is 30.3 Å². The smallest absolute Gasteiger partial charge is 0.254 e. The van der Waals surface area contributed by atoms with Crippen LogP contribution in [0.4, 0.5) is 0 Å². The minimum absolute atomic E-state index is 0.0952. The lowest BCUT2D eigenvalue weighted by Gasteiger charge is -2.45. The van der Waals surface area contributed by atoms with E-state index < -0.39 is 0 Å². The zero-order chi connectivity index (χ0) is 12.5. The third kappa shape index (κ3) is 1.94. The van der Waals surface area contributed by atoms with Crippen molar-refractivity contribution in [2.45, 2.75) is 44.2 Å². The Morgan fingerprint density at radius 3 is 2.28 bits per heavy atom. The van der Waals surface area contributed by atoms with Crippen LogP contribution in [0.2, 0.25) is 0 Å². The molecule has 18 heavy (non-hydrogen) atoms. The van der Waals surface area contributed by atoms with Gasteiger partial charge in [0.1, 0.15) is 5.78 Å². The summed E-state index contributed by atoms with van der Waals surface area (Å²) in [6.07, 6.45) is 4.19. The monoisotopic (exact) mass is 243 g/mol. The molecule has 2 saturated heterocycles. The van der Waals surface area contributed by atoms with Crippen molar-refractivity contribution in [1.29, 1.82) is 0 Å². The highest BCUT2D eigenvalue weighted by Gasteiger charge is 2.40. The number of hydrogen-bond donors (Lipinski definition) is 0. The molecule has 1 aromatic rings. The second kappa shape index (κ2) is 4.56. The highest BCUT2D eigenvalue weighted by Crippen LogP contribution is 2.33. The first-order valence-electron chi connectivity index (χ1n) is 6.65. The molecule has 1 aromatic carbocycles. The summed E-state index contributed by atoms with van der Waals surface area (Å²) < 4.78 is 0. The van der Waals surface area contributed by atoms with Crippen LogP contribution in [0.25, 0.3) is 0 Å². The van der Waals surface area contributed by atoms with Crippen molar-refractivity contribution >= 4 is 11.7 Å². The SMILES string of the molecule is O=C1CC2CCCC(C1)N2C(=O)c1ccccc1. The van der Waals surface area contributed by atoms with Gasteiger partial charge in [-0.1, -0.05) is 18.2 Å². The number of benzene rings is 1. The van der Waals surface area contributed by atoms with Crippen molar-refractivity contribution in [2.75, 3.05) is 0 Å². The molecule has 3 heteroatoms. The molecule has 94 valence electrons. The third-order valence-corrected chi connectivity index (χ3v) is 4.04. The zero-order valence-corrected chi connectivity index (χ0v) is 10.3. The highest BCUT2D eigenvalue weighted by atomic mass is 16.2. The summed E-state index contributed by atoms with van der Waals surface area (Å²) in [7, 11) is 0. The van der Waals surface area contributed by atoms with Crippen molar-refractivity contribution in [2.24, 2.45) is 0 Å². The maximum Gasteiger partial charge on any atom is 0.254 e. The summed E-state index contributed by atoms with van der Waals surface area (Å²) >= 11 is 0. The second-order valence-corrected chi connectivity index (χ2v) is 5.26. The Morgan fingerprint density at radius 1 is 1.06 bits per heavy atom. The summed E-state index contributed by atoms with van der Waals surface area (Å²) in [4.78, 5) is 26.2. The fraction of sp³-hybridized carbons (Fsp3) is 0.467. The van der Waals surface area contributed by atoms with Gasteiger partial charge in [-0.15, -0.1) is 0 Å². The number of rotatable bonds is 1. The quantitative estimate of drug-likeness (QED) is 0.759. The standard InChI is InChI=1S/C15H17NO2/c17-14-9-12-7-4-8-13(10-14)16(12)15(18)11-5-2-1-3-6-11/h1-3,5-6,12-13H,4,7-10H2. The maximum atomic E-state index is 12.5. The number of fused-ring (bicyclic) bond motifs is 2. The number of hydrogen-bond acceptors (Lipinski definition) is 2. The molecule has 2 atom stereocenters. The van der Waals surface area contributed by atoms with Crippen LogP contribution in [-0.4, -0.2) is 28.7 Å². The molecule has 1 amide bonds. The Bertz CT molecular complexity index is 453. The number of nitrogens with zero attached hydrogens (tertiary/aromatic N) is 1. The molecular weight excluding hydrogens is 226 g/mol. The van der Waals surface area contributed by atoms with Gasteiger partial charge in [0.15, 0.2) is 0 Å². The van der Waals surface area contributed by atoms with E-state index in [1.807, 2.05) is 35.2 Å². The molecule has 2 unspecified atom stereocenters. The summed E-state index contributed by atoms with van der Waals surface area (Å²) in [5.41, 5.74) is 0.740. The summed E-state index contributed by atoms with van der Waals surface area (Å²) in [6, 6.07) is 9.67. The van der Waals surface area contributed by atoms with Crippen LogP contribution in [0.1, 0.15) is 42.5 Å². The summed E-state index contributed by atoms with van der Waals surface area (Å²) in [5, 5.41) is 0. The van der Waals surface area contributed by atoms with E-state index in [1.54, 1.807) is 0 Å². The predicted molar refractivity (Wildman–Crippen MR) is 68.3 cm³/mol. The normalized spacial score (nSPS) is 27.1. The van der Waals surface area contributed by atoms with E-state index >= 15 is 0 Å². The Kier molecular flexibility index (Phi) is 2.90. The van der Waals surface area contributed by atoms with Crippen molar-refractivity contribution in [3.05, 3.63) is 35.9 Å². The fourth-order valence-corrected chi connectivity index (χ4v) is 3.24. The van der Waals surface area contributed by atoms with Crippen LogP contribution in [0.3, 0.4) is 0 Å². The number of ketones is 1. The first-order valence-corrected chi connectivity index (χ1v) is 6.65. The molecule has 2 bridgehead atoms. The molecule has 2 fully saturated rings. The van der Waals surface area contributed by atoms with Crippen molar-refractivity contribution in [3.63, 3.8) is 0 Å². The van der Waals surface area contributed by atoms with E-state index in [0.717, 1.165) is 24.8 Å². The minimum Gasteiger partial charge on any atom is -0.332 e. The van der Waals surface area contributed by atoms with E-state index in [-0.39, 0.29) is 18.0 Å². The molecule has 0 radical (unpaired) electrons. The average molecular weight is 243 g/mol. The van der Waals surface area contributed by atoms with Crippen molar-refractivity contribution in [3.8, 4) is 0 Å². The fourth-order valence-electron chi connectivity index (χ4n) is 3.24. The van der Waals surface area contributed by atoms with Gasteiger partial charge in [-0.2, -0.15) is 0 Å². The number of carbonyl (C=O) groups excluding carboxylic acids is 2. The number of carbonyl (C=O) groups is 2. The molecule has 2 heterocycles. The summed E-state index contributed by atoms with van der Waals surface area (Å²) in [5.74, 6) is 0.416. The van der Waals surface area contributed by atoms with E-state index in [4.69, 9.17) is 0 Å². The molecule has 0 aromatic heterocycles. The first kappa shape index (κ1) is 11.5. The van der Waals surface area contributed by atoms with Gasteiger partial charge in [-0.3, -0.25) is 9.59 Å². The van der Waals surface area contributed by atoms with Crippen LogP contribution in [0.5, 0.6) is 0 Å². The topological polar surface area (TPSA) is 37.4 Å². The molecule has 0 N–H and O–H groups in total. The molecule has 3 rings (SSSR count). The number of Topliss-reactive ketones (excluding diaryl/α,β-unsaturated/α-hetero) is 1. The van der Waals surface area contributed by atoms with E-state index in [1.165, 1.54) is 0 Å². The largest absolute Gasteiger partial charge is 0.332 e. The molecule has 2 aliphatic heterocycles. The van der Waals surface area contributed by atoms with Gasteiger partial charge >= 0.3 is 0 Å². The molecular formula is C15H17NO2. The van der Waals surface area contributed by atoms with Gasteiger partial charge in [0.05, 0.1) is 0 Å². The zero-order valence-electron chi connectivity index (χ0n) is 10.3.